The quantitative estimate of drug-likeness (QED) is 0.921. The van der Waals surface area contributed by atoms with E-state index in [-0.39, 0.29) is 17.9 Å². The van der Waals surface area contributed by atoms with E-state index >= 15 is 0 Å². The summed E-state index contributed by atoms with van der Waals surface area (Å²) < 4.78 is 0. The van der Waals surface area contributed by atoms with Gasteiger partial charge in [-0.05, 0) is 30.4 Å². The van der Waals surface area contributed by atoms with Gasteiger partial charge in [-0.3, -0.25) is 9.59 Å². The van der Waals surface area contributed by atoms with E-state index in [4.69, 9.17) is 0 Å². The van der Waals surface area contributed by atoms with Crippen LogP contribution in [0.1, 0.15) is 35.1 Å². The minimum atomic E-state index is -0.184. The summed E-state index contributed by atoms with van der Waals surface area (Å²) in [5.74, 6) is -0.257. The fraction of sp³-hybridized carbons (Fsp3) is 0.312. The number of anilines is 1. The summed E-state index contributed by atoms with van der Waals surface area (Å²) in [5, 5.41) is 6.81. The van der Waals surface area contributed by atoms with Crippen LogP contribution in [0.4, 0.5) is 5.13 Å². The molecule has 1 unspecified atom stereocenters. The molecule has 1 N–H and O–H groups in total. The van der Waals surface area contributed by atoms with Gasteiger partial charge in [-0.2, -0.15) is 0 Å². The zero-order chi connectivity index (χ0) is 16.2. The molecule has 120 valence electrons. The summed E-state index contributed by atoms with van der Waals surface area (Å²) in [5.41, 5.74) is 0.398. The Morgan fingerprint density at radius 2 is 2.30 bits per heavy atom. The van der Waals surface area contributed by atoms with Gasteiger partial charge in [-0.1, -0.05) is 12.1 Å². The number of likely N-dealkylation sites (tertiary alicyclic amines) is 1. The summed E-state index contributed by atoms with van der Waals surface area (Å²) in [6.07, 6.45) is 6.13. The van der Waals surface area contributed by atoms with Gasteiger partial charge in [0.05, 0.1) is 6.04 Å². The third kappa shape index (κ3) is 3.86. The molecular formula is C16H17N3O2S2. The first-order chi connectivity index (χ1) is 11.1. The first-order valence-corrected chi connectivity index (χ1v) is 9.15. The Hall–Kier alpha value is -1.99. The summed E-state index contributed by atoms with van der Waals surface area (Å²) in [7, 11) is 0. The number of carbonyl (C=O) groups is 2. The van der Waals surface area contributed by atoms with Crippen molar-refractivity contribution in [2.24, 2.45) is 0 Å². The molecule has 1 fully saturated rings. The molecule has 1 aliphatic heterocycles. The van der Waals surface area contributed by atoms with Crippen LogP contribution < -0.4 is 5.32 Å². The topological polar surface area (TPSA) is 62.3 Å². The largest absolute Gasteiger partial charge is 0.331 e. The summed E-state index contributed by atoms with van der Waals surface area (Å²) in [4.78, 5) is 31.0. The van der Waals surface area contributed by atoms with E-state index in [0.29, 0.717) is 10.8 Å². The predicted octanol–water partition coefficient (Wildman–Crippen LogP) is 3.48. The lowest BCUT2D eigenvalue weighted by Crippen LogP contribution is -2.34. The Morgan fingerprint density at radius 3 is 3.04 bits per heavy atom. The number of aromatic nitrogens is 1. The number of thiazole rings is 1. The molecule has 0 aliphatic carbocycles. The van der Waals surface area contributed by atoms with Gasteiger partial charge in [0.1, 0.15) is 5.69 Å². The van der Waals surface area contributed by atoms with Crippen LogP contribution in [0.2, 0.25) is 0 Å². The fourth-order valence-corrected chi connectivity index (χ4v) is 3.92. The molecule has 3 heterocycles. The van der Waals surface area contributed by atoms with Gasteiger partial charge < -0.3 is 10.2 Å². The normalized spacial score (nSPS) is 17.8. The third-order valence-corrected chi connectivity index (χ3v) is 5.19. The van der Waals surface area contributed by atoms with Crippen molar-refractivity contribution < 1.29 is 9.59 Å². The highest BCUT2D eigenvalue weighted by atomic mass is 32.1. The molecule has 0 radical (unpaired) electrons. The summed E-state index contributed by atoms with van der Waals surface area (Å²) >= 11 is 2.95. The van der Waals surface area contributed by atoms with E-state index in [9.17, 15) is 9.59 Å². The van der Waals surface area contributed by atoms with Gasteiger partial charge in [0.15, 0.2) is 5.13 Å². The molecule has 1 saturated heterocycles. The average molecular weight is 347 g/mol. The Balaban J connectivity index is 1.70. The molecule has 1 atom stereocenters. The first-order valence-electron chi connectivity index (χ1n) is 7.39. The molecule has 7 heteroatoms. The van der Waals surface area contributed by atoms with E-state index in [2.05, 4.69) is 28.5 Å². The van der Waals surface area contributed by atoms with E-state index in [1.54, 1.807) is 16.7 Å². The van der Waals surface area contributed by atoms with Crippen molar-refractivity contribution in [2.75, 3.05) is 11.9 Å². The van der Waals surface area contributed by atoms with Gasteiger partial charge in [0, 0.05) is 23.7 Å². The second-order valence-corrected chi connectivity index (χ2v) is 7.14. The Labute approximate surface area is 142 Å². The average Bonchev–Trinajstić information content (AvgIpc) is 3.25. The number of nitrogens with zero attached hydrogens (tertiary/aromatic N) is 2. The fourth-order valence-electron chi connectivity index (χ4n) is 2.56. The number of hydrogen-bond acceptors (Lipinski definition) is 5. The number of carbonyl (C=O) groups excluding carboxylic acids is 2. The Morgan fingerprint density at radius 1 is 1.43 bits per heavy atom. The first kappa shape index (κ1) is 15.9. The van der Waals surface area contributed by atoms with Crippen molar-refractivity contribution >= 4 is 45.7 Å². The lowest BCUT2D eigenvalue weighted by atomic mass is 10.2. The Bertz CT molecular complexity index is 722. The van der Waals surface area contributed by atoms with Crippen molar-refractivity contribution in [3.05, 3.63) is 39.5 Å². The van der Waals surface area contributed by atoms with Crippen LogP contribution >= 0.6 is 22.7 Å². The van der Waals surface area contributed by atoms with Crippen LogP contribution in [-0.2, 0) is 4.79 Å². The molecule has 2 aromatic rings. The molecule has 2 amide bonds. The van der Waals surface area contributed by atoms with E-state index < -0.39 is 0 Å². The lowest BCUT2D eigenvalue weighted by Gasteiger charge is -2.21. The zero-order valence-electron chi connectivity index (χ0n) is 12.7. The summed E-state index contributed by atoms with van der Waals surface area (Å²) in [6.45, 7) is 2.17. The molecule has 0 saturated carbocycles. The van der Waals surface area contributed by atoms with Crippen molar-refractivity contribution in [2.45, 2.75) is 25.8 Å². The molecule has 3 rings (SSSR count). The number of thiophene rings is 1. The monoisotopic (exact) mass is 347 g/mol. The van der Waals surface area contributed by atoms with Crippen LogP contribution in [0, 0.1) is 0 Å². The van der Waals surface area contributed by atoms with Gasteiger partial charge in [-0.15, -0.1) is 22.7 Å². The van der Waals surface area contributed by atoms with Gasteiger partial charge >= 0.3 is 0 Å². The molecular weight excluding hydrogens is 330 g/mol. The Kier molecular flexibility index (Phi) is 4.88. The minimum absolute atomic E-state index is 0.0730. The van der Waals surface area contributed by atoms with E-state index in [0.717, 1.165) is 19.4 Å². The maximum absolute atomic E-state index is 12.6. The third-order valence-electron chi connectivity index (χ3n) is 3.59. The second-order valence-electron chi connectivity index (χ2n) is 5.30. The van der Waals surface area contributed by atoms with Crippen LogP contribution in [0.3, 0.4) is 0 Å². The van der Waals surface area contributed by atoms with Crippen molar-refractivity contribution in [1.29, 1.82) is 0 Å². The molecule has 0 aromatic carbocycles. The van der Waals surface area contributed by atoms with Crippen molar-refractivity contribution in [3.8, 4) is 0 Å². The number of hydrogen-bond donors (Lipinski definition) is 1. The standard InChI is InChI=1S/C16H17N3O2S2/c1-11(20)17-16-18-14(10-23-16)15(21)19-8-2-4-12(19)6-7-13-5-3-9-22-13/h3,5-7,9-10,12H,2,4,8H2,1H3,(H,17,18,20)/b7-6+. The van der Waals surface area contributed by atoms with E-state index in [1.165, 1.54) is 23.1 Å². The molecule has 1 aliphatic rings. The molecule has 2 aromatic heterocycles. The molecule has 0 spiro atoms. The maximum atomic E-state index is 12.6. The van der Waals surface area contributed by atoms with Crippen molar-refractivity contribution in [1.82, 2.24) is 9.88 Å². The van der Waals surface area contributed by atoms with Gasteiger partial charge in [0.2, 0.25) is 5.91 Å². The number of amides is 2. The number of rotatable bonds is 4. The number of nitrogens with one attached hydrogen (secondary N) is 1. The molecule has 5 nitrogen and oxygen atoms in total. The van der Waals surface area contributed by atoms with Crippen LogP contribution in [-0.4, -0.2) is 34.3 Å². The van der Waals surface area contributed by atoms with Gasteiger partial charge in [-0.25, -0.2) is 4.98 Å². The van der Waals surface area contributed by atoms with Crippen LogP contribution in [0.25, 0.3) is 6.08 Å². The van der Waals surface area contributed by atoms with Crippen LogP contribution in [0.5, 0.6) is 0 Å². The maximum Gasteiger partial charge on any atom is 0.273 e. The lowest BCUT2D eigenvalue weighted by molar-refractivity contribution is -0.114. The smallest absolute Gasteiger partial charge is 0.273 e. The molecule has 0 bridgehead atoms. The summed E-state index contributed by atoms with van der Waals surface area (Å²) in [6, 6.07) is 4.18. The SMILES string of the molecule is CC(=O)Nc1nc(C(=O)N2CCCC2/C=C/c2cccs2)cs1. The highest BCUT2D eigenvalue weighted by Crippen LogP contribution is 2.24. The highest BCUT2D eigenvalue weighted by molar-refractivity contribution is 7.14. The van der Waals surface area contributed by atoms with Crippen molar-refractivity contribution in [3.63, 3.8) is 0 Å². The molecule has 23 heavy (non-hydrogen) atoms. The second kappa shape index (κ2) is 7.06. The van der Waals surface area contributed by atoms with Gasteiger partial charge in [0.25, 0.3) is 5.91 Å². The van der Waals surface area contributed by atoms with E-state index in [1.807, 2.05) is 16.3 Å². The van der Waals surface area contributed by atoms with Crippen LogP contribution in [0.15, 0.2) is 29.0 Å². The highest BCUT2D eigenvalue weighted by Gasteiger charge is 2.29. The predicted molar refractivity (Wildman–Crippen MR) is 93.8 cm³/mol. The minimum Gasteiger partial charge on any atom is -0.331 e. The zero-order valence-corrected chi connectivity index (χ0v) is 14.3.